The fourth-order valence-corrected chi connectivity index (χ4v) is 3.91. The third kappa shape index (κ3) is 6.27. The van der Waals surface area contributed by atoms with Crippen LogP contribution in [-0.4, -0.2) is 32.3 Å². The van der Waals surface area contributed by atoms with Crippen LogP contribution in [0.5, 0.6) is 0 Å². The SMILES string of the molecule is Cn1c(CNC(=O)c2ccc(Cl)c(Cl)c2)nnc1SCC(=O)Nc1ccc(Cl)cc1Cl. The molecule has 0 aliphatic rings. The zero-order chi connectivity index (χ0) is 22.5. The van der Waals surface area contributed by atoms with Gasteiger partial charge in [0.05, 0.1) is 33.1 Å². The number of carbonyl (C=O) groups is 2. The number of thioether (sulfide) groups is 1. The van der Waals surface area contributed by atoms with Crippen molar-refractivity contribution in [2.75, 3.05) is 11.1 Å². The van der Waals surface area contributed by atoms with Crippen molar-refractivity contribution in [3.63, 3.8) is 0 Å². The van der Waals surface area contributed by atoms with E-state index in [0.29, 0.717) is 42.3 Å². The smallest absolute Gasteiger partial charge is 0.251 e. The molecule has 162 valence electrons. The summed E-state index contributed by atoms with van der Waals surface area (Å²) in [5.41, 5.74) is 0.851. The van der Waals surface area contributed by atoms with E-state index in [1.54, 1.807) is 41.9 Å². The molecular formula is C19H15Cl4N5O2S. The Bertz CT molecular complexity index is 1140. The molecule has 1 aromatic heterocycles. The maximum Gasteiger partial charge on any atom is 0.251 e. The molecule has 0 radical (unpaired) electrons. The summed E-state index contributed by atoms with van der Waals surface area (Å²) in [6, 6.07) is 9.43. The summed E-state index contributed by atoms with van der Waals surface area (Å²) >= 11 is 24.9. The lowest BCUT2D eigenvalue weighted by molar-refractivity contribution is -0.113. The first-order valence-electron chi connectivity index (χ1n) is 8.74. The molecule has 2 aromatic carbocycles. The second-order valence-corrected chi connectivity index (χ2v) is 8.83. The molecule has 0 aliphatic heterocycles. The first-order valence-corrected chi connectivity index (χ1v) is 11.2. The number of halogens is 4. The number of anilines is 1. The number of hydrogen-bond acceptors (Lipinski definition) is 5. The molecule has 1 heterocycles. The van der Waals surface area contributed by atoms with Crippen LogP contribution in [0.2, 0.25) is 20.1 Å². The minimum atomic E-state index is -0.324. The molecule has 0 fully saturated rings. The van der Waals surface area contributed by atoms with Crippen molar-refractivity contribution in [2.24, 2.45) is 7.05 Å². The molecular weight excluding hydrogens is 504 g/mol. The van der Waals surface area contributed by atoms with Gasteiger partial charge in [0, 0.05) is 17.6 Å². The normalized spacial score (nSPS) is 10.7. The van der Waals surface area contributed by atoms with E-state index in [1.807, 2.05) is 0 Å². The molecule has 0 atom stereocenters. The quantitative estimate of drug-likeness (QED) is 0.425. The van der Waals surface area contributed by atoms with Gasteiger partial charge in [0.1, 0.15) is 0 Å². The van der Waals surface area contributed by atoms with Crippen LogP contribution in [0.25, 0.3) is 0 Å². The van der Waals surface area contributed by atoms with E-state index in [2.05, 4.69) is 20.8 Å². The highest BCUT2D eigenvalue weighted by Gasteiger charge is 2.14. The van der Waals surface area contributed by atoms with E-state index in [-0.39, 0.29) is 24.1 Å². The second kappa shape index (κ2) is 10.6. The number of rotatable bonds is 7. The molecule has 2 amide bonds. The van der Waals surface area contributed by atoms with Crippen molar-refractivity contribution < 1.29 is 9.59 Å². The van der Waals surface area contributed by atoms with Crippen LogP contribution < -0.4 is 10.6 Å². The lowest BCUT2D eigenvalue weighted by Crippen LogP contribution is -2.24. The topological polar surface area (TPSA) is 88.9 Å². The van der Waals surface area contributed by atoms with Gasteiger partial charge in [-0.25, -0.2) is 0 Å². The number of hydrogen-bond donors (Lipinski definition) is 2. The standard InChI is InChI=1S/C19H15Cl4N5O2S/c1-28-16(8-24-18(30)10-2-4-12(21)13(22)6-10)26-27-19(28)31-9-17(29)25-15-5-3-11(20)7-14(15)23/h2-7H,8-9H2,1H3,(H,24,30)(H,25,29). The number of aromatic nitrogens is 3. The van der Waals surface area contributed by atoms with Gasteiger partial charge in [-0.2, -0.15) is 0 Å². The van der Waals surface area contributed by atoms with Crippen molar-refractivity contribution in [2.45, 2.75) is 11.7 Å². The summed E-state index contributed by atoms with van der Waals surface area (Å²) in [5, 5.41) is 15.6. The van der Waals surface area contributed by atoms with Gasteiger partial charge in [-0.05, 0) is 36.4 Å². The molecule has 0 spiro atoms. The molecule has 0 saturated heterocycles. The number of nitrogens with one attached hydrogen (secondary N) is 2. The van der Waals surface area contributed by atoms with Gasteiger partial charge in [0.2, 0.25) is 5.91 Å². The highest BCUT2D eigenvalue weighted by molar-refractivity contribution is 7.99. The lowest BCUT2D eigenvalue weighted by Gasteiger charge is -2.08. The first kappa shape index (κ1) is 23.7. The lowest BCUT2D eigenvalue weighted by atomic mass is 10.2. The molecule has 7 nitrogen and oxygen atoms in total. The molecule has 0 saturated carbocycles. The van der Waals surface area contributed by atoms with Crippen LogP contribution in [-0.2, 0) is 18.4 Å². The Balaban J connectivity index is 1.54. The first-order chi connectivity index (χ1) is 14.7. The van der Waals surface area contributed by atoms with E-state index < -0.39 is 0 Å². The highest BCUT2D eigenvalue weighted by atomic mass is 35.5. The molecule has 0 bridgehead atoms. The fourth-order valence-electron chi connectivity index (χ4n) is 2.43. The van der Waals surface area contributed by atoms with Crippen molar-refractivity contribution >= 4 is 75.7 Å². The van der Waals surface area contributed by atoms with E-state index in [0.717, 1.165) is 0 Å². The second-order valence-electron chi connectivity index (χ2n) is 6.23. The Morgan fingerprint density at radius 3 is 2.48 bits per heavy atom. The Morgan fingerprint density at radius 1 is 1.00 bits per heavy atom. The van der Waals surface area contributed by atoms with Crippen LogP contribution in [0.15, 0.2) is 41.6 Å². The zero-order valence-electron chi connectivity index (χ0n) is 16.0. The maximum atomic E-state index is 12.3. The van der Waals surface area contributed by atoms with Gasteiger partial charge in [0.25, 0.3) is 5.91 Å². The fraction of sp³-hybridized carbons (Fsp3) is 0.158. The minimum absolute atomic E-state index is 0.0978. The summed E-state index contributed by atoms with van der Waals surface area (Å²) in [5.74, 6) is 0.0411. The third-order valence-corrected chi connectivity index (χ3v) is 6.36. The summed E-state index contributed by atoms with van der Waals surface area (Å²) in [6.07, 6.45) is 0. The number of nitrogens with zero attached hydrogens (tertiary/aromatic N) is 3. The Kier molecular flexibility index (Phi) is 8.07. The van der Waals surface area contributed by atoms with Gasteiger partial charge in [-0.3, -0.25) is 9.59 Å². The van der Waals surface area contributed by atoms with Crippen molar-refractivity contribution in [1.29, 1.82) is 0 Å². The molecule has 12 heteroatoms. The van der Waals surface area contributed by atoms with Crippen molar-refractivity contribution in [3.05, 3.63) is 67.9 Å². The van der Waals surface area contributed by atoms with E-state index in [4.69, 9.17) is 46.4 Å². The van der Waals surface area contributed by atoms with Crippen LogP contribution >= 0.6 is 58.2 Å². The van der Waals surface area contributed by atoms with Crippen molar-refractivity contribution in [1.82, 2.24) is 20.1 Å². The summed E-state index contributed by atoms with van der Waals surface area (Å²) < 4.78 is 1.70. The third-order valence-electron chi connectivity index (χ3n) is 4.05. The van der Waals surface area contributed by atoms with Gasteiger partial charge in [-0.1, -0.05) is 58.2 Å². The average molecular weight is 519 g/mol. The average Bonchev–Trinajstić information content (AvgIpc) is 3.08. The molecule has 0 aliphatic carbocycles. The summed E-state index contributed by atoms with van der Waals surface area (Å²) in [4.78, 5) is 24.5. The number of carbonyl (C=O) groups excluding carboxylic acids is 2. The molecule has 2 N–H and O–H groups in total. The number of benzene rings is 2. The van der Waals surface area contributed by atoms with Crippen LogP contribution in [0.3, 0.4) is 0 Å². The summed E-state index contributed by atoms with van der Waals surface area (Å²) in [6.45, 7) is 0.149. The zero-order valence-corrected chi connectivity index (χ0v) is 19.8. The Labute approximate surface area is 202 Å². The Hall–Kier alpha value is -1.97. The van der Waals surface area contributed by atoms with Gasteiger partial charge < -0.3 is 15.2 Å². The molecule has 0 unspecified atom stereocenters. The minimum Gasteiger partial charge on any atom is -0.345 e. The predicted molar refractivity (Wildman–Crippen MR) is 124 cm³/mol. The van der Waals surface area contributed by atoms with Crippen LogP contribution in [0, 0.1) is 0 Å². The van der Waals surface area contributed by atoms with E-state index in [1.165, 1.54) is 17.8 Å². The van der Waals surface area contributed by atoms with Gasteiger partial charge >= 0.3 is 0 Å². The predicted octanol–water partition coefficient (Wildman–Crippen LogP) is 5.09. The highest BCUT2D eigenvalue weighted by Crippen LogP contribution is 2.26. The van der Waals surface area contributed by atoms with Crippen LogP contribution in [0.1, 0.15) is 16.2 Å². The maximum absolute atomic E-state index is 12.3. The summed E-state index contributed by atoms with van der Waals surface area (Å²) in [7, 11) is 1.75. The molecule has 31 heavy (non-hydrogen) atoms. The molecule has 3 rings (SSSR count). The van der Waals surface area contributed by atoms with E-state index in [9.17, 15) is 9.59 Å². The largest absolute Gasteiger partial charge is 0.345 e. The van der Waals surface area contributed by atoms with E-state index >= 15 is 0 Å². The monoisotopic (exact) mass is 517 g/mol. The van der Waals surface area contributed by atoms with Gasteiger partial charge in [0.15, 0.2) is 11.0 Å². The molecule has 3 aromatic rings. The van der Waals surface area contributed by atoms with Crippen LogP contribution in [0.4, 0.5) is 5.69 Å². The van der Waals surface area contributed by atoms with Crippen molar-refractivity contribution in [3.8, 4) is 0 Å². The Morgan fingerprint density at radius 2 is 1.77 bits per heavy atom. The number of amides is 2. The van der Waals surface area contributed by atoms with Gasteiger partial charge in [-0.15, -0.1) is 10.2 Å².